The van der Waals surface area contributed by atoms with Crippen LogP contribution >= 0.6 is 0 Å². The molecule has 46 heteroatoms. The molecule has 4 aromatic rings. The largest absolute Gasteiger partial charge is 0.481 e. The summed E-state index contributed by atoms with van der Waals surface area (Å²) in [4.78, 5) is 241. The van der Waals surface area contributed by atoms with Crippen molar-refractivity contribution in [1.29, 1.82) is 0 Å². The Morgan fingerprint density at radius 3 is 1.14 bits per heavy atom. The summed E-state index contributed by atoms with van der Waals surface area (Å²) in [5.74, 6) is -18.3. The van der Waals surface area contributed by atoms with Gasteiger partial charge in [0.1, 0.15) is 54.4 Å². The number of carbonyl (C=O) groups is 16. The molecule has 0 aromatic heterocycles. The predicted octanol–water partition coefficient (Wildman–Crippen LogP) is -7.77. The minimum absolute atomic E-state index is 0.0216. The molecule has 2 fully saturated rings. The number of carboxylic acids is 2. The molecule has 13 amide bonds. The van der Waals surface area contributed by atoms with E-state index in [4.69, 9.17) is 51.6 Å². The Hall–Kier alpha value is -14.4. The topological polar surface area (TPSA) is 776 Å². The van der Waals surface area contributed by atoms with Crippen molar-refractivity contribution >= 4 is 130 Å². The lowest BCUT2D eigenvalue weighted by molar-refractivity contribution is -0.144. The van der Waals surface area contributed by atoms with Gasteiger partial charge in [0.15, 0.2) is 29.6 Å². The fourth-order valence-corrected chi connectivity index (χ4v) is 13.5. The number of aliphatic carboxylic acids is 2. The van der Waals surface area contributed by atoms with Crippen molar-refractivity contribution in [3.05, 3.63) is 131 Å². The number of likely N-dealkylation sites (tertiary alicyclic amines) is 2. The molecule has 6 rings (SSSR count). The van der Waals surface area contributed by atoms with Crippen LogP contribution < -0.4 is 110 Å². The summed E-state index contributed by atoms with van der Waals surface area (Å²) in [6, 6.07) is 10.6. The van der Waals surface area contributed by atoms with Crippen molar-refractivity contribution in [2.75, 3.05) is 59.0 Å². The number of nitrogens with zero attached hydrogens (tertiary/aromatic N) is 6. The number of carboxylic acid groups (broad SMARTS) is 2. The van der Waals surface area contributed by atoms with Crippen molar-refractivity contribution in [2.24, 2.45) is 71.6 Å². The molecule has 2 heterocycles. The summed E-state index contributed by atoms with van der Waals surface area (Å²) in [5.41, 5.74) is 50.7. The summed E-state index contributed by atoms with van der Waals surface area (Å²) in [7, 11) is 0. The van der Waals surface area contributed by atoms with Crippen LogP contribution in [0.5, 0.6) is 0 Å². The Morgan fingerprint density at radius 2 is 0.760 bits per heavy atom. The number of nitrogens with two attached hydrogens (primary N) is 9. The SMILES string of the molecule is NCCCC[C@H](NC(=O)[C@@H]1CCCN1C(=O)[C@H](Cc1ccccc1)NC(=O)[C@H](CC(=O)O)NC(=O)CNC(=O)[C@H](CCCN=C(N)N)NC(=O)[C@H](CO)NC(=O)c1ccccc1N=C(N)N)C(=O)[C@@H]1CCCN1C(=O)[C@H](Cc1ccccc1)NC(=O)[C@H](CC(=O)O)NC(=O)CNC(=O)[C@H](CCCN=C(N)N)NC(=O)[C@H](CO)NC(=O)c1ccccc1N=C(N)N. The quantitative estimate of drug-likeness (QED) is 0.0111. The van der Waals surface area contributed by atoms with E-state index in [0.717, 1.165) is 0 Å². The van der Waals surface area contributed by atoms with Crippen molar-refractivity contribution in [3.63, 3.8) is 0 Å². The van der Waals surface area contributed by atoms with Gasteiger partial charge in [-0.25, -0.2) is 9.98 Å². The van der Waals surface area contributed by atoms with Crippen LogP contribution in [0, 0.1) is 0 Å². The first-order chi connectivity index (χ1) is 59.6. The average molecular weight is 1740 g/mol. The van der Waals surface area contributed by atoms with E-state index in [1.165, 1.54) is 58.3 Å². The second-order valence-corrected chi connectivity index (χ2v) is 29.0. The molecule has 4 aromatic carbocycles. The van der Waals surface area contributed by atoms with Crippen LogP contribution in [0.3, 0.4) is 0 Å². The second-order valence-electron chi connectivity index (χ2n) is 29.0. The third-order valence-electron chi connectivity index (χ3n) is 19.6. The number of guanidine groups is 4. The number of aliphatic hydroxyl groups is 2. The Kier molecular flexibility index (Phi) is 40.3. The molecule has 0 saturated carbocycles. The van der Waals surface area contributed by atoms with E-state index < -0.39 is 200 Å². The van der Waals surface area contributed by atoms with Crippen LogP contribution in [-0.4, -0.2) is 274 Å². The van der Waals surface area contributed by atoms with Gasteiger partial charge in [0.2, 0.25) is 65.0 Å². The number of unbranched alkanes of at least 4 members (excludes halogenated alkanes) is 1. The molecule has 0 spiro atoms. The molecule has 0 unspecified atom stereocenters. The molecule has 125 heavy (non-hydrogen) atoms. The van der Waals surface area contributed by atoms with Gasteiger partial charge in [0, 0.05) is 39.0 Å². The molecular weight excluding hydrogens is 1630 g/mol. The number of hydrogen-bond acceptors (Lipinski definition) is 23. The average Bonchev–Trinajstić information content (AvgIpc) is 1.69. The maximum atomic E-state index is 15.2. The highest BCUT2D eigenvalue weighted by Gasteiger charge is 2.45. The Morgan fingerprint density at radius 1 is 0.392 bits per heavy atom. The predicted molar refractivity (Wildman–Crippen MR) is 452 cm³/mol. The van der Waals surface area contributed by atoms with E-state index in [9.17, 15) is 82.8 Å². The summed E-state index contributed by atoms with van der Waals surface area (Å²) < 4.78 is 0. The van der Waals surface area contributed by atoms with Gasteiger partial charge in [-0.2, -0.15) is 0 Å². The zero-order chi connectivity index (χ0) is 91.8. The van der Waals surface area contributed by atoms with Gasteiger partial charge in [-0.1, -0.05) is 84.9 Å². The maximum absolute atomic E-state index is 15.2. The third-order valence-corrected chi connectivity index (χ3v) is 19.6. The number of benzene rings is 4. The molecule has 11 atom stereocenters. The minimum Gasteiger partial charge on any atom is -0.481 e. The van der Waals surface area contributed by atoms with E-state index in [1.54, 1.807) is 60.7 Å². The standard InChI is InChI=1S/C79H110N26O20/c80-30-12-11-25-49(64(114)58-28-15-33-104(58)74(124)54(35-43-17-3-1-4-18-43)98-69(119)52(37-62(110)111)93-60(108)39-91-67(117)50(26-13-31-89-76(81)82)96-71(121)56(41-106)100-65(115)45-21-7-9-23-47(45)102-78(85)86)95-73(123)59-29-16-34-105(59)75(125)55(36-44-19-5-2-6-20-44)99-70(120)53(38-63(112)113)94-61(109)40-92-68(118)51(27-14-32-90-77(83)84)97-72(122)57(42-107)101-66(116)46-22-8-10-24-48(46)103-79(87)88/h1-10,17-24,49-59,106-107H,11-16,25-42,80H2,(H,91,117)(H,92,118)(H,93,108)(H,94,109)(H,95,123)(H,96,121)(H,97,122)(H,98,119)(H,99,120)(H,100,115)(H,101,116)(H,110,111)(H,112,113)(H4,81,82,89)(H4,83,84,90)(H4,85,86,102)(H4,87,88,103)/t49-,50-,51-,52-,53-,54-,55-,56-,57-,58-,59-/m0/s1. The maximum Gasteiger partial charge on any atom is 0.305 e. The van der Waals surface area contributed by atoms with Gasteiger partial charge in [0.25, 0.3) is 11.8 Å². The first kappa shape index (κ1) is 99.4. The van der Waals surface area contributed by atoms with Gasteiger partial charge in [-0.3, -0.25) is 86.7 Å². The number of para-hydroxylation sites is 2. The molecule has 2 saturated heterocycles. The van der Waals surface area contributed by atoms with Crippen molar-refractivity contribution < 1.29 is 97.1 Å². The Balaban J connectivity index is 1.16. The highest BCUT2D eigenvalue weighted by atomic mass is 16.4. The van der Waals surface area contributed by atoms with Crippen molar-refractivity contribution in [3.8, 4) is 0 Å². The van der Waals surface area contributed by atoms with Gasteiger partial charge < -0.3 is 140 Å². The number of carbonyl (C=O) groups excluding carboxylic acids is 14. The molecule has 46 nitrogen and oxygen atoms in total. The van der Waals surface area contributed by atoms with E-state index in [-0.39, 0.29) is 156 Å². The molecule has 0 bridgehead atoms. The lowest BCUT2D eigenvalue weighted by Gasteiger charge is -2.33. The summed E-state index contributed by atoms with van der Waals surface area (Å²) in [6.45, 7) is -3.91. The lowest BCUT2D eigenvalue weighted by atomic mass is 9.96. The van der Waals surface area contributed by atoms with Crippen molar-refractivity contribution in [2.45, 2.75) is 163 Å². The van der Waals surface area contributed by atoms with Crippen molar-refractivity contribution in [1.82, 2.24) is 68.3 Å². The van der Waals surface area contributed by atoms with E-state index >= 15 is 14.4 Å². The Bertz CT molecular complexity index is 4580. The summed E-state index contributed by atoms with van der Waals surface area (Å²) >= 11 is 0. The van der Waals surface area contributed by atoms with Crippen LogP contribution in [0.15, 0.2) is 129 Å². The van der Waals surface area contributed by atoms with E-state index in [0.29, 0.717) is 17.5 Å². The van der Waals surface area contributed by atoms with Gasteiger partial charge in [-0.15, -0.1) is 0 Å². The van der Waals surface area contributed by atoms with Crippen LogP contribution in [0.25, 0.3) is 0 Å². The number of amides is 13. The van der Waals surface area contributed by atoms with Crippen LogP contribution in [0.2, 0.25) is 0 Å². The van der Waals surface area contributed by atoms with Crippen LogP contribution in [0.1, 0.15) is 115 Å². The number of hydrogen-bond donors (Lipinski definition) is 24. The van der Waals surface area contributed by atoms with E-state index in [2.05, 4.69) is 78.5 Å². The summed E-state index contributed by atoms with van der Waals surface area (Å²) in [6.07, 6.45) is -1.85. The molecule has 0 aliphatic carbocycles. The van der Waals surface area contributed by atoms with Gasteiger partial charge >= 0.3 is 11.9 Å². The van der Waals surface area contributed by atoms with Crippen LogP contribution in [0.4, 0.5) is 11.4 Å². The molecule has 2 aliphatic heterocycles. The zero-order valence-electron chi connectivity index (χ0n) is 68.4. The first-order valence-corrected chi connectivity index (χ1v) is 40.0. The van der Waals surface area contributed by atoms with Gasteiger partial charge in [0.05, 0.1) is 73.7 Å². The molecular formula is C79H110N26O20. The molecule has 33 N–H and O–H groups in total. The van der Waals surface area contributed by atoms with E-state index in [1.807, 2.05) is 0 Å². The highest BCUT2D eigenvalue weighted by molar-refractivity contribution is 6.05. The number of Topliss-reactive ketones (excluding diaryl/α,β-unsaturated/α-hetero) is 1. The number of aliphatic imine (C=N–C) groups is 4. The number of ketones is 1. The highest BCUT2D eigenvalue weighted by Crippen LogP contribution is 2.27. The number of aliphatic hydroxyl groups excluding tert-OH is 2. The normalized spacial score (nSPS) is 15.4. The monoisotopic (exact) mass is 1740 g/mol. The number of nitrogens with one attached hydrogen (secondary N) is 11. The Labute approximate surface area is 717 Å². The smallest absolute Gasteiger partial charge is 0.305 e. The van der Waals surface area contributed by atoms with Crippen LogP contribution in [-0.2, 0) is 80.0 Å². The first-order valence-electron chi connectivity index (χ1n) is 40.0. The minimum atomic E-state index is -1.94. The fourth-order valence-electron chi connectivity index (χ4n) is 13.5. The van der Waals surface area contributed by atoms with Gasteiger partial charge in [-0.05, 0) is 113 Å². The summed E-state index contributed by atoms with van der Waals surface area (Å²) in [5, 5.41) is 67.2. The lowest BCUT2D eigenvalue weighted by Crippen LogP contribution is -2.60. The second kappa shape index (κ2) is 50.7. The molecule has 2 aliphatic rings. The zero-order valence-corrected chi connectivity index (χ0v) is 68.4. The fraction of sp³-hybridized carbons (Fsp3) is 0.443. The molecule has 676 valence electrons. The molecule has 0 radical (unpaired) electrons. The number of rotatable bonds is 50. The third kappa shape index (κ3) is 32.8.